The van der Waals surface area contributed by atoms with Gasteiger partial charge in [-0.15, -0.1) is 0 Å². The minimum atomic E-state index is -6.02. The molecule has 8 heteroatoms. The maximum absolute atomic E-state index is 11.3. The summed E-state index contributed by atoms with van der Waals surface area (Å²) in [5, 5.41) is 7.31. The van der Waals surface area contributed by atoms with Gasteiger partial charge in [0.2, 0.25) is 0 Å². The van der Waals surface area contributed by atoms with Crippen molar-refractivity contribution < 1.29 is 31.9 Å². The molecule has 0 aromatic rings. The summed E-state index contributed by atoms with van der Waals surface area (Å²) in [5.41, 5.74) is 0. The molecule has 0 unspecified atom stereocenters. The van der Waals surface area contributed by atoms with Crippen LogP contribution in [0.1, 0.15) is 0 Å². The first-order valence-corrected chi connectivity index (χ1v) is 1.87. The summed E-state index contributed by atoms with van der Waals surface area (Å²) >= 11 is 0. The van der Waals surface area contributed by atoms with Crippen molar-refractivity contribution in [2.24, 2.45) is 0 Å². The Labute approximate surface area is 87.4 Å². The Bertz CT molecular complexity index is 152. The number of alkyl halides is 5. The van der Waals surface area contributed by atoms with E-state index in [-0.39, 0.29) is 37.7 Å². The summed E-state index contributed by atoms with van der Waals surface area (Å²) in [7, 11) is 0. The van der Waals surface area contributed by atoms with Crippen LogP contribution in [0.15, 0.2) is 0 Å². The van der Waals surface area contributed by atoms with Gasteiger partial charge in [-0.25, -0.2) is 4.79 Å². The van der Waals surface area contributed by atoms with E-state index >= 15 is 0 Å². The van der Waals surface area contributed by atoms with E-state index in [0.717, 1.165) is 0 Å². The number of aliphatic carboxylic acids is 1. The molecule has 0 saturated heterocycles. The van der Waals surface area contributed by atoms with Crippen molar-refractivity contribution in [3.05, 3.63) is 0 Å². The van der Waals surface area contributed by atoms with Gasteiger partial charge in [0.1, 0.15) is 0 Å². The zero-order valence-corrected chi connectivity index (χ0v) is 4.25. The quantitative estimate of drug-likeness (QED) is 0.496. The van der Waals surface area contributed by atoms with Crippen molar-refractivity contribution in [3.8, 4) is 0 Å². The zero-order chi connectivity index (χ0) is 8.58. The van der Waals surface area contributed by atoms with Gasteiger partial charge >= 0.3 is 55.8 Å². The first kappa shape index (κ1) is 13.9. The number of carboxylic acids is 1. The molecule has 1 N–H and O–H groups in total. The Balaban J connectivity index is 0. The third-order valence-electron chi connectivity index (χ3n) is 0.625. The van der Waals surface area contributed by atoms with Crippen LogP contribution in [-0.2, 0) is 4.79 Å². The van der Waals surface area contributed by atoms with Crippen LogP contribution in [0.3, 0.4) is 0 Å². The summed E-state index contributed by atoms with van der Waals surface area (Å²) in [6.07, 6.45) is -6.02. The fourth-order valence-corrected chi connectivity index (χ4v) is 0.121. The summed E-state index contributed by atoms with van der Waals surface area (Å²) in [6.45, 7) is 0. The molecule has 0 fully saturated rings. The number of rotatable bonds is 1. The molecule has 0 aliphatic carbocycles. The van der Waals surface area contributed by atoms with Gasteiger partial charge in [0.05, 0.1) is 0 Å². The van der Waals surface area contributed by atoms with Gasteiger partial charge in [0, 0.05) is 0 Å². The van der Waals surface area contributed by atoms with E-state index < -0.39 is 18.1 Å². The molecule has 0 radical (unpaired) electrons. The minimum absolute atomic E-state index is 0. The summed E-state index contributed by atoms with van der Waals surface area (Å²) in [6, 6.07) is 0. The number of halogens is 5. The van der Waals surface area contributed by atoms with Gasteiger partial charge in [-0.05, 0) is 0 Å². The van der Waals surface area contributed by atoms with Gasteiger partial charge in [0.15, 0.2) is 0 Å². The van der Waals surface area contributed by atoms with Crippen LogP contribution in [0.4, 0.5) is 22.0 Å². The molecule has 0 aliphatic heterocycles. The molecular formula is C3H3CaF5O2. The van der Waals surface area contributed by atoms with Crippen LogP contribution in [0.5, 0.6) is 0 Å². The number of carbonyl (C=O) groups is 1. The molecule has 11 heavy (non-hydrogen) atoms. The van der Waals surface area contributed by atoms with Gasteiger partial charge in [-0.3, -0.25) is 0 Å². The third kappa shape index (κ3) is 3.08. The molecule has 0 amide bonds. The second kappa shape index (κ2) is 3.86. The average Bonchev–Trinajstić information content (AvgIpc) is 1.62. The second-order valence-corrected chi connectivity index (χ2v) is 1.38. The molecule has 0 spiro atoms. The predicted molar refractivity (Wildman–Crippen MR) is 27.2 cm³/mol. The molecule has 0 heterocycles. The van der Waals surface area contributed by atoms with Gasteiger partial charge in [-0.2, -0.15) is 22.0 Å². The van der Waals surface area contributed by atoms with Crippen LogP contribution in [-0.4, -0.2) is 60.9 Å². The van der Waals surface area contributed by atoms with Gasteiger partial charge in [-0.1, -0.05) is 0 Å². The molecule has 0 saturated carbocycles. The average molecular weight is 206 g/mol. The van der Waals surface area contributed by atoms with Crippen LogP contribution < -0.4 is 0 Å². The number of hydrogen-bond donors (Lipinski definition) is 1. The van der Waals surface area contributed by atoms with Crippen LogP contribution in [0, 0.1) is 0 Å². The molecule has 0 bridgehead atoms. The Morgan fingerprint density at radius 2 is 1.36 bits per heavy atom. The van der Waals surface area contributed by atoms with Crippen LogP contribution >= 0.6 is 0 Å². The molecule has 0 rings (SSSR count). The predicted octanol–water partition coefficient (Wildman–Crippen LogP) is 0.352. The molecule has 2 nitrogen and oxygen atoms in total. The first-order valence-electron chi connectivity index (χ1n) is 1.87. The molecule has 64 valence electrons. The van der Waals surface area contributed by atoms with Crippen molar-refractivity contribution in [2.75, 3.05) is 0 Å². The van der Waals surface area contributed by atoms with E-state index in [1.165, 1.54) is 0 Å². The topological polar surface area (TPSA) is 37.3 Å². The van der Waals surface area contributed by atoms with E-state index in [2.05, 4.69) is 0 Å². The number of carboxylic acid groups (broad SMARTS) is 1. The fourth-order valence-electron chi connectivity index (χ4n) is 0.121. The Kier molecular flexibility index (Phi) is 4.89. The zero-order valence-electron chi connectivity index (χ0n) is 4.25. The summed E-state index contributed by atoms with van der Waals surface area (Å²) in [4.78, 5) is 9.20. The normalized spacial score (nSPS) is 12.1. The van der Waals surface area contributed by atoms with E-state index in [9.17, 15) is 26.7 Å². The first-order chi connectivity index (χ1) is 4.19. The third-order valence-corrected chi connectivity index (χ3v) is 0.625. The molecule has 0 aliphatic rings. The Morgan fingerprint density at radius 3 is 1.36 bits per heavy atom. The number of hydrogen-bond acceptors (Lipinski definition) is 1. The van der Waals surface area contributed by atoms with Crippen molar-refractivity contribution in [1.29, 1.82) is 0 Å². The SMILES string of the molecule is O=C(O)C(F)(F)C(F)(F)F.[CaH2]. The molecular weight excluding hydrogens is 203 g/mol. The van der Waals surface area contributed by atoms with Crippen molar-refractivity contribution in [3.63, 3.8) is 0 Å². The fraction of sp³-hybridized carbons (Fsp3) is 0.667. The Hall–Kier alpha value is 0.380. The van der Waals surface area contributed by atoms with Crippen LogP contribution in [0.25, 0.3) is 0 Å². The standard InChI is InChI=1S/C3HF5O2.Ca.2H/c4-2(5,1(9)10)3(6,7)8;;;/h(H,9,10);;;. The molecule has 0 aromatic carbocycles. The second-order valence-electron chi connectivity index (χ2n) is 1.38. The van der Waals surface area contributed by atoms with E-state index in [1.54, 1.807) is 0 Å². The Morgan fingerprint density at radius 1 is 1.09 bits per heavy atom. The van der Waals surface area contributed by atoms with E-state index in [4.69, 9.17) is 5.11 Å². The van der Waals surface area contributed by atoms with Crippen molar-refractivity contribution in [1.82, 2.24) is 0 Å². The van der Waals surface area contributed by atoms with Crippen molar-refractivity contribution in [2.45, 2.75) is 12.1 Å². The van der Waals surface area contributed by atoms with E-state index in [0.29, 0.717) is 0 Å². The van der Waals surface area contributed by atoms with E-state index in [1.807, 2.05) is 0 Å². The summed E-state index contributed by atoms with van der Waals surface area (Å²) in [5.74, 6) is -8.84. The van der Waals surface area contributed by atoms with Crippen LogP contribution in [0.2, 0.25) is 0 Å². The van der Waals surface area contributed by atoms with Gasteiger partial charge in [0.25, 0.3) is 0 Å². The molecule has 0 atom stereocenters. The summed E-state index contributed by atoms with van der Waals surface area (Å²) < 4.78 is 55.5. The van der Waals surface area contributed by atoms with Gasteiger partial charge < -0.3 is 5.11 Å². The monoisotopic (exact) mass is 206 g/mol. The molecule has 0 aromatic heterocycles. The van der Waals surface area contributed by atoms with Crippen molar-refractivity contribution >= 4 is 43.7 Å². The maximum atomic E-state index is 11.3.